The Balaban J connectivity index is 1.16. The van der Waals surface area contributed by atoms with Gasteiger partial charge in [0.15, 0.2) is 5.82 Å². The summed E-state index contributed by atoms with van der Waals surface area (Å²) in [5.74, 6) is 0.814. The number of hydrogen-bond donors (Lipinski definition) is 2. The van der Waals surface area contributed by atoms with Crippen molar-refractivity contribution in [3.05, 3.63) is 89.6 Å². The van der Waals surface area contributed by atoms with E-state index in [4.69, 9.17) is 16.6 Å². The van der Waals surface area contributed by atoms with Crippen LogP contribution in [0.15, 0.2) is 77.6 Å². The number of amides is 1. The van der Waals surface area contributed by atoms with Gasteiger partial charge in [0.1, 0.15) is 23.1 Å². The number of halogens is 1. The Labute approximate surface area is 201 Å². The number of hydrogen-bond acceptors (Lipinski definition) is 5. The number of carbonyl (C=O) groups is 1. The molecule has 1 atom stereocenters. The van der Waals surface area contributed by atoms with Crippen LogP contribution in [0.25, 0.3) is 33.5 Å². The summed E-state index contributed by atoms with van der Waals surface area (Å²) in [4.78, 5) is 21.8. The van der Waals surface area contributed by atoms with E-state index in [1.165, 1.54) is 0 Å². The van der Waals surface area contributed by atoms with Crippen LogP contribution in [0.5, 0.6) is 0 Å². The molecule has 2 bridgehead atoms. The van der Waals surface area contributed by atoms with E-state index < -0.39 is 0 Å². The molecule has 1 amide bonds. The Bertz CT molecular complexity index is 1720. The van der Waals surface area contributed by atoms with Gasteiger partial charge in [-0.2, -0.15) is 4.36 Å². The van der Waals surface area contributed by atoms with Crippen molar-refractivity contribution in [2.45, 2.75) is 6.42 Å². The first-order valence-corrected chi connectivity index (χ1v) is 12.1. The van der Waals surface area contributed by atoms with Gasteiger partial charge in [-0.15, -0.1) is 0 Å². The van der Waals surface area contributed by atoms with Crippen molar-refractivity contribution in [2.75, 3.05) is 5.32 Å². The van der Waals surface area contributed by atoms with Crippen molar-refractivity contribution in [2.24, 2.45) is 4.36 Å². The number of rotatable bonds is 4. The fraction of sp³-hybridized carbons (Fsp3) is 0.0417. The Morgan fingerprint density at radius 2 is 1.88 bits per heavy atom. The summed E-state index contributed by atoms with van der Waals surface area (Å²) in [6.07, 6.45) is 3.99. The Hall–Kier alpha value is -3.95. The van der Waals surface area contributed by atoms with E-state index in [1.54, 1.807) is 18.5 Å². The van der Waals surface area contributed by atoms with Gasteiger partial charge in [0, 0.05) is 22.6 Å². The number of anilines is 1. The predicted molar refractivity (Wildman–Crippen MR) is 134 cm³/mol. The van der Waals surface area contributed by atoms with E-state index in [0.717, 1.165) is 44.8 Å². The molecule has 2 N–H and O–H groups in total. The third-order valence-corrected chi connectivity index (χ3v) is 7.54. The van der Waals surface area contributed by atoms with Gasteiger partial charge >= 0.3 is 0 Å². The van der Waals surface area contributed by atoms with Gasteiger partial charge < -0.3 is 10.0 Å². The number of nitrogens with zero attached hydrogens (tertiary/aromatic N) is 5. The number of benzene rings is 3. The summed E-state index contributed by atoms with van der Waals surface area (Å²) in [7, 11) is 0. The fourth-order valence-electron chi connectivity index (χ4n) is 4.28. The van der Waals surface area contributed by atoms with Gasteiger partial charge in [-0.05, 0) is 54.1 Å². The van der Waals surface area contributed by atoms with Crippen LogP contribution in [0.1, 0.15) is 11.4 Å². The van der Waals surface area contributed by atoms with Crippen molar-refractivity contribution in [1.29, 1.82) is 0 Å². The summed E-state index contributed by atoms with van der Waals surface area (Å²) >= 11 is 5.53. The molecule has 0 spiro atoms. The summed E-state index contributed by atoms with van der Waals surface area (Å²) in [5, 5.41) is 3.60. The van der Waals surface area contributed by atoms with E-state index in [2.05, 4.69) is 41.6 Å². The number of fused-ring (bicyclic) bond motifs is 7. The second kappa shape index (κ2) is 7.28. The molecule has 0 radical (unpaired) electrons. The molecule has 1 unspecified atom stereocenters. The molecule has 0 saturated heterocycles. The molecule has 166 valence electrons. The highest BCUT2D eigenvalue weighted by Gasteiger charge is 2.28. The van der Waals surface area contributed by atoms with Gasteiger partial charge in [0.25, 0.3) is 0 Å². The zero-order valence-corrected chi connectivity index (χ0v) is 19.1. The van der Waals surface area contributed by atoms with E-state index >= 15 is 0 Å². The number of imidazole rings is 2. The molecular weight excluding hydrogens is 470 g/mol. The largest absolute Gasteiger partial charge is 0.326 e. The van der Waals surface area contributed by atoms with Crippen LogP contribution in [0.3, 0.4) is 0 Å². The van der Waals surface area contributed by atoms with Gasteiger partial charge in [-0.3, -0.25) is 9.36 Å². The minimum atomic E-state index is -0.389. The average molecular weight is 486 g/mol. The lowest BCUT2D eigenvalue weighted by atomic mass is 10.1. The molecule has 34 heavy (non-hydrogen) atoms. The summed E-state index contributed by atoms with van der Waals surface area (Å²) in [5.41, 5.74) is 7.20. The molecule has 5 aromatic rings. The molecule has 2 aliphatic rings. The standard InChI is InChI=1S/C24H16ClN7OS/c25-15-3-1-14(2-4-15)9-23(33)28-16-5-7-21-18(10-16)26-13-31(21)17-6-8-22-19(11-17)29-24-20-12-27-34(30-20)32(22)24/h1-8,10-13H,9H2,(H,27,30)(H,28,33). The van der Waals surface area contributed by atoms with Crippen molar-refractivity contribution < 1.29 is 4.79 Å². The summed E-state index contributed by atoms with van der Waals surface area (Å²) in [6, 6.07) is 19.2. The lowest BCUT2D eigenvalue weighted by Gasteiger charge is -2.08. The van der Waals surface area contributed by atoms with Crippen molar-refractivity contribution in [3.63, 3.8) is 0 Å². The summed E-state index contributed by atoms with van der Waals surface area (Å²) < 4.78 is 12.0. The molecule has 2 aromatic heterocycles. The number of nitrogens with one attached hydrogen (secondary N) is 2. The van der Waals surface area contributed by atoms with E-state index in [-0.39, 0.29) is 23.4 Å². The Morgan fingerprint density at radius 1 is 1.03 bits per heavy atom. The second-order valence-electron chi connectivity index (χ2n) is 8.08. The lowest BCUT2D eigenvalue weighted by Crippen LogP contribution is -2.16. The zero-order valence-electron chi connectivity index (χ0n) is 17.6. The van der Waals surface area contributed by atoms with Crippen LogP contribution >= 0.6 is 11.6 Å². The Kier molecular flexibility index (Phi) is 4.18. The normalized spacial score (nSPS) is 15.8. The fourth-order valence-corrected chi connectivity index (χ4v) is 5.82. The lowest BCUT2D eigenvalue weighted by molar-refractivity contribution is -0.115. The molecule has 0 fully saturated rings. The van der Waals surface area contributed by atoms with E-state index in [1.807, 2.05) is 41.1 Å². The van der Waals surface area contributed by atoms with Gasteiger partial charge in [0.2, 0.25) is 5.91 Å². The first-order valence-electron chi connectivity index (χ1n) is 10.6. The SMILES string of the molecule is O=C(Cc1ccc(Cl)cc1)Nc1ccc2c(c1)ncn2-c1ccc2c(c1)nc1n2S2=NC1=CN2. The first kappa shape index (κ1) is 19.5. The quantitative estimate of drug-likeness (QED) is 0.389. The van der Waals surface area contributed by atoms with Gasteiger partial charge in [-0.25, -0.2) is 13.9 Å². The monoisotopic (exact) mass is 485 g/mol. The maximum absolute atomic E-state index is 12.5. The minimum Gasteiger partial charge on any atom is -0.326 e. The van der Waals surface area contributed by atoms with Crippen LogP contribution in [0, 0.1) is 0 Å². The van der Waals surface area contributed by atoms with Crippen LogP contribution in [0.4, 0.5) is 5.69 Å². The molecular formula is C24H16ClN7OS. The third kappa shape index (κ3) is 3.05. The minimum absolute atomic E-state index is 0.0922. The highest BCUT2D eigenvalue weighted by Crippen LogP contribution is 2.33. The highest BCUT2D eigenvalue weighted by atomic mass is 35.5. The predicted octanol–water partition coefficient (Wildman–Crippen LogP) is 4.61. The van der Waals surface area contributed by atoms with Crippen LogP contribution in [-0.2, 0) is 22.3 Å². The molecule has 8 nitrogen and oxygen atoms in total. The molecule has 3 aromatic carbocycles. The number of aromatic nitrogens is 4. The smallest absolute Gasteiger partial charge is 0.228 e. The average Bonchev–Trinajstić information content (AvgIpc) is 3.60. The van der Waals surface area contributed by atoms with Crippen molar-refractivity contribution in [1.82, 2.24) is 23.2 Å². The second-order valence-corrected chi connectivity index (χ2v) is 9.82. The van der Waals surface area contributed by atoms with Crippen LogP contribution in [0.2, 0.25) is 5.02 Å². The molecule has 2 aliphatic heterocycles. The van der Waals surface area contributed by atoms with Crippen molar-refractivity contribution >= 4 is 62.0 Å². The molecule has 0 aliphatic carbocycles. The van der Waals surface area contributed by atoms with E-state index in [9.17, 15) is 4.79 Å². The summed E-state index contributed by atoms with van der Waals surface area (Å²) in [6.45, 7) is 0. The molecule has 4 heterocycles. The molecule has 7 rings (SSSR count). The molecule has 10 heteroatoms. The van der Waals surface area contributed by atoms with Gasteiger partial charge in [-0.1, -0.05) is 23.7 Å². The molecule has 0 saturated carbocycles. The van der Waals surface area contributed by atoms with Crippen LogP contribution in [-0.4, -0.2) is 24.4 Å². The first-order chi connectivity index (χ1) is 16.6. The van der Waals surface area contributed by atoms with Crippen LogP contribution < -0.4 is 10.0 Å². The van der Waals surface area contributed by atoms with Gasteiger partial charge in [0.05, 0.1) is 28.5 Å². The van der Waals surface area contributed by atoms with E-state index in [0.29, 0.717) is 10.7 Å². The number of carbonyl (C=O) groups excluding carboxylic acids is 1. The maximum Gasteiger partial charge on any atom is 0.228 e. The highest BCUT2D eigenvalue weighted by molar-refractivity contribution is 7.84. The maximum atomic E-state index is 12.5. The Morgan fingerprint density at radius 3 is 2.76 bits per heavy atom. The third-order valence-electron chi connectivity index (χ3n) is 5.87. The topological polar surface area (TPSA) is 89.1 Å². The van der Waals surface area contributed by atoms with Crippen molar-refractivity contribution in [3.8, 4) is 5.69 Å². The zero-order chi connectivity index (χ0) is 22.8.